The molecule has 1 aromatic heterocycles. The second kappa shape index (κ2) is 5.58. The minimum atomic E-state index is -0.566. The first-order valence-corrected chi connectivity index (χ1v) is 5.77. The fourth-order valence-electron chi connectivity index (χ4n) is 1.38. The van der Waals surface area contributed by atoms with Gasteiger partial charge in [-0.15, -0.1) is 0 Å². The van der Waals surface area contributed by atoms with Crippen LogP contribution in [0, 0.1) is 0 Å². The Labute approximate surface area is 114 Å². The molecular formula is C13H11ClN2O3. The van der Waals surface area contributed by atoms with E-state index in [1.54, 1.807) is 24.3 Å². The molecule has 0 aliphatic heterocycles. The third kappa shape index (κ3) is 2.95. The molecule has 5 nitrogen and oxygen atoms in total. The van der Waals surface area contributed by atoms with E-state index in [-0.39, 0.29) is 11.6 Å². The summed E-state index contributed by atoms with van der Waals surface area (Å²) >= 11 is 5.97. The summed E-state index contributed by atoms with van der Waals surface area (Å²) < 4.78 is 10.1. The van der Waals surface area contributed by atoms with Crippen LogP contribution in [0.25, 0.3) is 0 Å². The van der Waals surface area contributed by atoms with Crippen LogP contribution in [0.1, 0.15) is 10.5 Å². The van der Waals surface area contributed by atoms with Crippen molar-refractivity contribution in [2.75, 3.05) is 12.8 Å². The number of ether oxygens (including phenoxy) is 2. The molecule has 2 N–H and O–H groups in total. The van der Waals surface area contributed by atoms with Crippen LogP contribution in [0.15, 0.2) is 36.4 Å². The van der Waals surface area contributed by atoms with Crippen molar-refractivity contribution in [1.82, 2.24) is 4.98 Å². The smallest absolute Gasteiger partial charge is 0.356 e. The molecule has 1 heterocycles. The standard InChI is InChI=1S/C13H11ClN2O3/c1-18-13(17)10-7-6-9(15)12(16-10)19-11-5-3-2-4-8(11)14/h2-7H,15H2,1H3. The van der Waals surface area contributed by atoms with Gasteiger partial charge in [0.2, 0.25) is 5.88 Å². The molecule has 6 heteroatoms. The third-order valence-electron chi connectivity index (χ3n) is 2.33. The van der Waals surface area contributed by atoms with Crippen molar-refractivity contribution in [2.45, 2.75) is 0 Å². The van der Waals surface area contributed by atoms with Crippen LogP contribution >= 0.6 is 11.6 Å². The van der Waals surface area contributed by atoms with Gasteiger partial charge in [0.25, 0.3) is 0 Å². The number of rotatable bonds is 3. The quantitative estimate of drug-likeness (QED) is 0.874. The number of aromatic nitrogens is 1. The molecule has 0 aliphatic carbocycles. The number of pyridine rings is 1. The van der Waals surface area contributed by atoms with E-state index in [1.807, 2.05) is 0 Å². The average molecular weight is 279 g/mol. The van der Waals surface area contributed by atoms with Crippen LogP contribution in [-0.2, 0) is 4.74 Å². The van der Waals surface area contributed by atoms with Crippen LogP contribution < -0.4 is 10.5 Å². The molecule has 0 amide bonds. The topological polar surface area (TPSA) is 74.4 Å². The number of hydrogen-bond donors (Lipinski definition) is 1. The Morgan fingerprint density at radius 3 is 2.68 bits per heavy atom. The van der Waals surface area contributed by atoms with E-state index in [0.29, 0.717) is 16.5 Å². The summed E-state index contributed by atoms with van der Waals surface area (Å²) in [7, 11) is 1.27. The van der Waals surface area contributed by atoms with Gasteiger partial charge in [-0.3, -0.25) is 0 Å². The Bertz CT molecular complexity index is 617. The van der Waals surface area contributed by atoms with Gasteiger partial charge in [0.1, 0.15) is 5.75 Å². The highest BCUT2D eigenvalue weighted by atomic mass is 35.5. The first-order valence-electron chi connectivity index (χ1n) is 5.39. The zero-order valence-corrected chi connectivity index (χ0v) is 10.8. The number of hydrogen-bond acceptors (Lipinski definition) is 5. The molecule has 0 spiro atoms. The van der Waals surface area contributed by atoms with E-state index >= 15 is 0 Å². The molecule has 0 aliphatic rings. The Kier molecular flexibility index (Phi) is 3.87. The van der Waals surface area contributed by atoms with Crippen LogP contribution in [-0.4, -0.2) is 18.1 Å². The van der Waals surface area contributed by atoms with E-state index in [0.717, 1.165) is 0 Å². The van der Waals surface area contributed by atoms with Crippen LogP contribution in [0.4, 0.5) is 5.69 Å². The van der Waals surface area contributed by atoms with E-state index in [9.17, 15) is 4.79 Å². The van der Waals surface area contributed by atoms with E-state index in [2.05, 4.69) is 9.72 Å². The number of nitrogens with two attached hydrogens (primary N) is 1. The number of halogens is 1. The molecule has 2 rings (SSSR count). The Hall–Kier alpha value is -2.27. The molecule has 0 atom stereocenters. The van der Waals surface area contributed by atoms with Gasteiger partial charge in [-0.25, -0.2) is 9.78 Å². The normalized spacial score (nSPS) is 10.0. The van der Waals surface area contributed by atoms with Gasteiger partial charge >= 0.3 is 5.97 Å². The highest BCUT2D eigenvalue weighted by molar-refractivity contribution is 6.32. The lowest BCUT2D eigenvalue weighted by atomic mass is 10.3. The summed E-state index contributed by atoms with van der Waals surface area (Å²) in [5.74, 6) is -0.0506. The monoisotopic (exact) mass is 278 g/mol. The zero-order chi connectivity index (χ0) is 13.8. The van der Waals surface area contributed by atoms with Crippen LogP contribution in [0.5, 0.6) is 11.6 Å². The lowest BCUT2D eigenvalue weighted by Gasteiger charge is -2.09. The van der Waals surface area contributed by atoms with E-state index in [4.69, 9.17) is 22.1 Å². The molecule has 0 fully saturated rings. The second-order valence-electron chi connectivity index (χ2n) is 3.61. The van der Waals surface area contributed by atoms with E-state index in [1.165, 1.54) is 19.2 Å². The molecule has 0 saturated carbocycles. The maximum absolute atomic E-state index is 11.4. The minimum absolute atomic E-state index is 0.107. The van der Waals surface area contributed by atoms with Gasteiger partial charge in [0.15, 0.2) is 5.69 Å². The highest BCUT2D eigenvalue weighted by Gasteiger charge is 2.12. The number of anilines is 1. The van der Waals surface area contributed by atoms with Crippen LogP contribution in [0.3, 0.4) is 0 Å². The summed E-state index contributed by atoms with van der Waals surface area (Å²) in [6.45, 7) is 0. The number of benzene rings is 1. The number of para-hydroxylation sites is 1. The summed E-state index contributed by atoms with van der Waals surface area (Å²) in [5.41, 5.74) is 6.15. The number of nitrogen functional groups attached to an aromatic ring is 1. The fraction of sp³-hybridized carbons (Fsp3) is 0.0769. The van der Waals surface area contributed by atoms with Gasteiger partial charge in [0, 0.05) is 0 Å². The van der Waals surface area contributed by atoms with Gasteiger partial charge in [-0.05, 0) is 24.3 Å². The van der Waals surface area contributed by atoms with Crippen molar-refractivity contribution in [3.05, 3.63) is 47.1 Å². The Morgan fingerprint density at radius 1 is 1.26 bits per heavy atom. The Morgan fingerprint density at radius 2 is 2.00 bits per heavy atom. The van der Waals surface area contributed by atoms with E-state index < -0.39 is 5.97 Å². The maximum Gasteiger partial charge on any atom is 0.356 e. The fourth-order valence-corrected chi connectivity index (χ4v) is 1.56. The molecule has 1 aromatic carbocycles. The van der Waals surface area contributed by atoms with Gasteiger partial charge in [0.05, 0.1) is 17.8 Å². The minimum Gasteiger partial charge on any atom is -0.464 e. The summed E-state index contributed by atoms with van der Waals surface area (Å²) in [6, 6.07) is 9.87. The summed E-state index contributed by atoms with van der Waals surface area (Å²) in [4.78, 5) is 15.4. The predicted molar refractivity (Wildman–Crippen MR) is 71.5 cm³/mol. The lowest BCUT2D eigenvalue weighted by molar-refractivity contribution is 0.0593. The highest BCUT2D eigenvalue weighted by Crippen LogP contribution is 2.30. The average Bonchev–Trinajstić information content (AvgIpc) is 2.42. The largest absolute Gasteiger partial charge is 0.464 e. The second-order valence-corrected chi connectivity index (χ2v) is 4.02. The SMILES string of the molecule is COC(=O)c1ccc(N)c(Oc2ccccc2Cl)n1. The predicted octanol–water partition coefficient (Wildman–Crippen LogP) is 2.90. The number of carbonyl (C=O) groups excluding carboxylic acids is 1. The van der Waals surface area contributed by atoms with Crippen molar-refractivity contribution < 1.29 is 14.3 Å². The molecule has 2 aromatic rings. The molecule has 98 valence electrons. The third-order valence-corrected chi connectivity index (χ3v) is 2.64. The summed E-state index contributed by atoms with van der Waals surface area (Å²) in [5, 5.41) is 0.423. The number of methoxy groups -OCH3 is 1. The lowest BCUT2D eigenvalue weighted by Crippen LogP contribution is -2.06. The molecular weight excluding hydrogens is 268 g/mol. The van der Waals surface area contributed by atoms with Gasteiger partial charge < -0.3 is 15.2 Å². The molecule has 19 heavy (non-hydrogen) atoms. The first-order chi connectivity index (χ1) is 9.11. The van der Waals surface area contributed by atoms with Gasteiger partial charge in [-0.1, -0.05) is 23.7 Å². The molecule has 0 radical (unpaired) electrons. The Balaban J connectivity index is 2.34. The molecule has 0 bridgehead atoms. The van der Waals surface area contributed by atoms with Crippen molar-refractivity contribution in [3.8, 4) is 11.6 Å². The van der Waals surface area contributed by atoms with Crippen LogP contribution in [0.2, 0.25) is 5.02 Å². The number of carbonyl (C=O) groups is 1. The van der Waals surface area contributed by atoms with Crippen molar-refractivity contribution in [1.29, 1.82) is 0 Å². The first kappa shape index (κ1) is 13.2. The maximum atomic E-state index is 11.4. The molecule has 0 saturated heterocycles. The summed E-state index contributed by atoms with van der Waals surface area (Å²) in [6.07, 6.45) is 0. The number of esters is 1. The van der Waals surface area contributed by atoms with Crippen molar-refractivity contribution in [3.63, 3.8) is 0 Å². The zero-order valence-electron chi connectivity index (χ0n) is 10.1. The van der Waals surface area contributed by atoms with Crippen molar-refractivity contribution in [2.24, 2.45) is 0 Å². The number of nitrogens with zero attached hydrogens (tertiary/aromatic N) is 1. The van der Waals surface area contributed by atoms with Crippen molar-refractivity contribution >= 4 is 23.3 Å². The van der Waals surface area contributed by atoms with Gasteiger partial charge in [-0.2, -0.15) is 0 Å². The molecule has 0 unspecified atom stereocenters.